The Bertz CT molecular complexity index is 656. The van der Waals surface area contributed by atoms with Crippen LogP contribution in [-0.2, 0) is 15.9 Å². The van der Waals surface area contributed by atoms with Crippen LogP contribution in [0.15, 0.2) is 12.1 Å². The van der Waals surface area contributed by atoms with Crippen LogP contribution in [0.5, 0.6) is 0 Å². The molecule has 0 bridgehead atoms. The predicted octanol–water partition coefficient (Wildman–Crippen LogP) is 3.16. The number of rotatable bonds is 2. The molecule has 138 valence electrons. The molecule has 3 atom stereocenters. The van der Waals surface area contributed by atoms with Crippen molar-refractivity contribution in [3.05, 3.63) is 23.4 Å². The standard InChI is InChI=1S/C19H29N3O3/c1-12-10-21(18(23)25-19(3,4)5)11-15-9-14-7-8-16(13(2)24-6)20-17(14)22(12)15/h7-8,12-13,15H,9-11H2,1-6H3/t12-,13?,15-/m1/s1. The number of carbonyl (C=O) groups is 1. The summed E-state index contributed by atoms with van der Waals surface area (Å²) in [6.45, 7) is 11.2. The summed E-state index contributed by atoms with van der Waals surface area (Å²) in [5.74, 6) is 1.04. The summed E-state index contributed by atoms with van der Waals surface area (Å²) < 4.78 is 11.0. The molecule has 0 aliphatic carbocycles. The van der Waals surface area contributed by atoms with Crippen LogP contribution in [0.1, 0.15) is 52.0 Å². The number of methoxy groups -OCH3 is 1. The number of nitrogens with zero attached hydrogens (tertiary/aromatic N) is 3. The van der Waals surface area contributed by atoms with Crippen LogP contribution in [0.3, 0.4) is 0 Å². The van der Waals surface area contributed by atoms with Crippen molar-refractivity contribution in [1.82, 2.24) is 9.88 Å². The second-order valence-electron chi connectivity index (χ2n) is 8.10. The van der Waals surface area contributed by atoms with Crippen molar-refractivity contribution in [2.24, 2.45) is 0 Å². The quantitative estimate of drug-likeness (QED) is 0.822. The molecule has 25 heavy (non-hydrogen) atoms. The molecule has 0 N–H and O–H groups in total. The maximum absolute atomic E-state index is 12.5. The fourth-order valence-corrected chi connectivity index (χ4v) is 3.68. The van der Waals surface area contributed by atoms with E-state index in [1.807, 2.05) is 38.7 Å². The van der Waals surface area contributed by atoms with Gasteiger partial charge in [-0.1, -0.05) is 6.07 Å². The van der Waals surface area contributed by atoms with E-state index in [1.165, 1.54) is 5.56 Å². The second kappa shape index (κ2) is 6.48. The van der Waals surface area contributed by atoms with E-state index in [2.05, 4.69) is 17.9 Å². The van der Waals surface area contributed by atoms with E-state index < -0.39 is 5.60 Å². The minimum Gasteiger partial charge on any atom is -0.444 e. The molecule has 0 spiro atoms. The maximum atomic E-state index is 12.5. The lowest BCUT2D eigenvalue weighted by Crippen LogP contribution is -2.58. The molecule has 6 heteroatoms. The van der Waals surface area contributed by atoms with Crippen LogP contribution in [-0.4, -0.2) is 53.9 Å². The smallest absolute Gasteiger partial charge is 0.410 e. The van der Waals surface area contributed by atoms with Crippen molar-refractivity contribution in [2.75, 3.05) is 25.1 Å². The third-order valence-corrected chi connectivity index (χ3v) is 4.88. The number of carbonyl (C=O) groups excluding carboxylic acids is 1. The van der Waals surface area contributed by atoms with Crippen molar-refractivity contribution in [2.45, 2.75) is 64.8 Å². The Kier molecular flexibility index (Phi) is 4.66. The molecule has 1 amide bonds. The van der Waals surface area contributed by atoms with E-state index in [1.54, 1.807) is 7.11 Å². The van der Waals surface area contributed by atoms with Gasteiger partial charge in [0, 0.05) is 26.2 Å². The Balaban J connectivity index is 1.78. The van der Waals surface area contributed by atoms with Crippen molar-refractivity contribution in [1.29, 1.82) is 0 Å². The van der Waals surface area contributed by atoms with Gasteiger partial charge in [0.2, 0.25) is 0 Å². The minimum absolute atomic E-state index is 0.0253. The first-order valence-corrected chi connectivity index (χ1v) is 8.98. The summed E-state index contributed by atoms with van der Waals surface area (Å²) in [5.41, 5.74) is 1.72. The molecule has 6 nitrogen and oxygen atoms in total. The number of hydrogen-bond donors (Lipinski definition) is 0. The molecule has 3 heterocycles. The Morgan fingerprint density at radius 1 is 1.32 bits per heavy atom. The number of fused-ring (bicyclic) bond motifs is 3. The Labute approximate surface area is 150 Å². The number of piperazine rings is 1. The van der Waals surface area contributed by atoms with E-state index >= 15 is 0 Å². The van der Waals surface area contributed by atoms with Gasteiger partial charge in [-0.05, 0) is 52.7 Å². The number of anilines is 1. The van der Waals surface area contributed by atoms with Gasteiger partial charge in [-0.15, -0.1) is 0 Å². The molecule has 1 aromatic rings. The molecule has 1 saturated heterocycles. The summed E-state index contributed by atoms with van der Waals surface area (Å²) >= 11 is 0. The van der Waals surface area contributed by atoms with Crippen LogP contribution >= 0.6 is 0 Å². The van der Waals surface area contributed by atoms with Gasteiger partial charge in [0.15, 0.2) is 0 Å². The van der Waals surface area contributed by atoms with E-state index in [-0.39, 0.29) is 24.3 Å². The summed E-state index contributed by atoms with van der Waals surface area (Å²) in [6, 6.07) is 4.65. The van der Waals surface area contributed by atoms with Gasteiger partial charge in [-0.3, -0.25) is 0 Å². The van der Waals surface area contributed by atoms with E-state index in [0.717, 1.165) is 17.9 Å². The zero-order chi connectivity index (χ0) is 18.4. The summed E-state index contributed by atoms with van der Waals surface area (Å²) in [6.07, 6.45) is 0.660. The molecule has 0 aromatic carbocycles. The van der Waals surface area contributed by atoms with Gasteiger partial charge >= 0.3 is 6.09 Å². The highest BCUT2D eigenvalue weighted by atomic mass is 16.6. The van der Waals surface area contributed by atoms with Gasteiger partial charge in [0.1, 0.15) is 11.4 Å². The first kappa shape index (κ1) is 18.0. The topological polar surface area (TPSA) is 54.9 Å². The fourth-order valence-electron chi connectivity index (χ4n) is 3.68. The molecule has 0 saturated carbocycles. The van der Waals surface area contributed by atoms with Crippen molar-refractivity contribution in [3.8, 4) is 0 Å². The van der Waals surface area contributed by atoms with Gasteiger partial charge in [0.05, 0.1) is 17.8 Å². The summed E-state index contributed by atoms with van der Waals surface area (Å²) in [4.78, 5) is 21.5. The number of pyridine rings is 1. The van der Waals surface area contributed by atoms with Gasteiger partial charge in [-0.2, -0.15) is 0 Å². The molecular weight excluding hydrogens is 318 g/mol. The zero-order valence-electron chi connectivity index (χ0n) is 16.1. The van der Waals surface area contributed by atoms with Crippen LogP contribution in [0.4, 0.5) is 10.6 Å². The average Bonchev–Trinajstić information content (AvgIpc) is 2.90. The molecule has 2 aliphatic heterocycles. The fraction of sp³-hybridized carbons (Fsp3) is 0.684. The lowest BCUT2D eigenvalue weighted by Gasteiger charge is -2.43. The average molecular weight is 347 g/mol. The van der Waals surface area contributed by atoms with E-state index in [0.29, 0.717) is 13.1 Å². The summed E-state index contributed by atoms with van der Waals surface area (Å²) in [5, 5.41) is 0. The van der Waals surface area contributed by atoms with Crippen LogP contribution in [0.25, 0.3) is 0 Å². The third kappa shape index (κ3) is 3.59. The highest BCUT2D eigenvalue weighted by Crippen LogP contribution is 2.36. The normalized spacial score (nSPS) is 23.9. The lowest BCUT2D eigenvalue weighted by atomic mass is 10.1. The van der Waals surface area contributed by atoms with Crippen LogP contribution < -0.4 is 4.90 Å². The molecule has 1 fully saturated rings. The van der Waals surface area contributed by atoms with Crippen molar-refractivity contribution in [3.63, 3.8) is 0 Å². The predicted molar refractivity (Wildman–Crippen MR) is 96.9 cm³/mol. The Morgan fingerprint density at radius 3 is 2.68 bits per heavy atom. The molecule has 0 radical (unpaired) electrons. The maximum Gasteiger partial charge on any atom is 0.410 e. The zero-order valence-corrected chi connectivity index (χ0v) is 16.1. The Hall–Kier alpha value is -1.82. The van der Waals surface area contributed by atoms with Gasteiger partial charge in [-0.25, -0.2) is 9.78 Å². The number of amides is 1. The highest BCUT2D eigenvalue weighted by Gasteiger charge is 2.41. The van der Waals surface area contributed by atoms with E-state index in [4.69, 9.17) is 14.5 Å². The van der Waals surface area contributed by atoms with E-state index in [9.17, 15) is 4.79 Å². The number of hydrogen-bond acceptors (Lipinski definition) is 5. The molecule has 1 aromatic heterocycles. The largest absolute Gasteiger partial charge is 0.444 e. The van der Waals surface area contributed by atoms with Crippen molar-refractivity contribution < 1.29 is 14.3 Å². The Morgan fingerprint density at radius 2 is 2.04 bits per heavy atom. The van der Waals surface area contributed by atoms with Crippen LogP contribution in [0.2, 0.25) is 0 Å². The van der Waals surface area contributed by atoms with Gasteiger partial charge < -0.3 is 19.3 Å². The van der Waals surface area contributed by atoms with Crippen LogP contribution in [0, 0.1) is 0 Å². The first-order chi connectivity index (χ1) is 11.7. The lowest BCUT2D eigenvalue weighted by molar-refractivity contribution is 0.0191. The molecule has 3 rings (SSSR count). The third-order valence-electron chi connectivity index (χ3n) is 4.88. The SMILES string of the molecule is COC(C)c1ccc2c(n1)N1[C@H](C2)CN(C(=O)OC(C)(C)C)C[C@H]1C. The molecule has 1 unspecified atom stereocenters. The highest BCUT2D eigenvalue weighted by molar-refractivity contribution is 5.69. The molecular formula is C19H29N3O3. The monoisotopic (exact) mass is 347 g/mol. The first-order valence-electron chi connectivity index (χ1n) is 8.98. The second-order valence-corrected chi connectivity index (χ2v) is 8.10. The summed E-state index contributed by atoms with van der Waals surface area (Å²) in [7, 11) is 1.70. The number of aromatic nitrogens is 1. The minimum atomic E-state index is -0.469. The van der Waals surface area contributed by atoms with Crippen molar-refractivity contribution >= 4 is 11.9 Å². The number of ether oxygens (including phenoxy) is 2. The molecule has 2 aliphatic rings. The van der Waals surface area contributed by atoms with Gasteiger partial charge in [0.25, 0.3) is 0 Å².